The van der Waals surface area contributed by atoms with Crippen LogP contribution in [0, 0.1) is 13.8 Å². The van der Waals surface area contributed by atoms with Crippen LogP contribution in [0.1, 0.15) is 22.6 Å². The van der Waals surface area contributed by atoms with Gasteiger partial charge in [0.25, 0.3) is 16.9 Å². The molecule has 29 heavy (non-hydrogen) atoms. The molecule has 3 aromatic rings. The number of aromatic nitrogens is 2. The number of aryl methyl sites for hydroxylation is 2. The van der Waals surface area contributed by atoms with E-state index in [1.165, 1.54) is 18.9 Å². The SMILES string of the molecule is COc1cc(CSc2nnc(COc3cc(C)ccc3C)o2)ccc1SC(F)F. The molecule has 0 amide bonds. The Kier molecular flexibility index (Phi) is 7.38. The number of nitrogens with zero attached hydrogens (tertiary/aromatic N) is 2. The second-order valence-corrected chi connectivity index (χ2v) is 8.13. The summed E-state index contributed by atoms with van der Waals surface area (Å²) in [6.07, 6.45) is 0. The highest BCUT2D eigenvalue weighted by Gasteiger charge is 2.13. The maximum Gasteiger partial charge on any atom is 0.289 e. The van der Waals surface area contributed by atoms with Crippen molar-refractivity contribution < 1.29 is 22.7 Å². The van der Waals surface area contributed by atoms with Crippen molar-refractivity contribution in [1.82, 2.24) is 10.2 Å². The molecule has 0 N–H and O–H groups in total. The Hall–Kier alpha value is -2.26. The molecule has 0 spiro atoms. The van der Waals surface area contributed by atoms with Crippen LogP contribution < -0.4 is 9.47 Å². The zero-order valence-electron chi connectivity index (χ0n) is 16.1. The van der Waals surface area contributed by atoms with E-state index in [0.717, 1.165) is 22.4 Å². The number of alkyl halides is 2. The molecule has 9 heteroatoms. The van der Waals surface area contributed by atoms with Crippen molar-refractivity contribution in [2.24, 2.45) is 0 Å². The number of halogens is 2. The fourth-order valence-corrected chi connectivity index (χ4v) is 3.82. The first-order valence-electron chi connectivity index (χ1n) is 8.71. The number of methoxy groups -OCH3 is 1. The molecule has 1 aromatic heterocycles. The smallest absolute Gasteiger partial charge is 0.289 e. The second kappa shape index (κ2) is 9.98. The van der Waals surface area contributed by atoms with E-state index in [9.17, 15) is 8.78 Å². The normalized spacial score (nSPS) is 11.1. The molecule has 3 rings (SSSR count). The summed E-state index contributed by atoms with van der Waals surface area (Å²) in [5.74, 6) is -0.371. The lowest BCUT2D eigenvalue weighted by molar-refractivity contribution is 0.250. The fourth-order valence-electron chi connectivity index (χ4n) is 2.50. The highest BCUT2D eigenvalue weighted by molar-refractivity contribution is 7.99. The van der Waals surface area contributed by atoms with Crippen molar-refractivity contribution in [2.75, 3.05) is 7.11 Å². The van der Waals surface area contributed by atoms with Crippen LogP contribution in [0.3, 0.4) is 0 Å². The summed E-state index contributed by atoms with van der Waals surface area (Å²) >= 11 is 1.82. The van der Waals surface area contributed by atoms with Crippen molar-refractivity contribution in [2.45, 2.75) is 42.1 Å². The van der Waals surface area contributed by atoms with E-state index < -0.39 is 5.76 Å². The Labute approximate surface area is 176 Å². The molecule has 5 nitrogen and oxygen atoms in total. The van der Waals surface area contributed by atoms with E-state index in [1.807, 2.05) is 32.0 Å². The van der Waals surface area contributed by atoms with E-state index in [1.54, 1.807) is 18.2 Å². The number of thioether (sulfide) groups is 2. The average Bonchev–Trinajstić information content (AvgIpc) is 3.15. The maximum atomic E-state index is 12.6. The van der Waals surface area contributed by atoms with Gasteiger partial charge in [-0.2, -0.15) is 8.78 Å². The molecular formula is C20H20F2N2O3S2. The van der Waals surface area contributed by atoms with Crippen LogP contribution in [0.4, 0.5) is 8.78 Å². The molecule has 0 saturated carbocycles. The van der Waals surface area contributed by atoms with Gasteiger partial charge >= 0.3 is 0 Å². The fraction of sp³-hybridized carbons (Fsp3) is 0.300. The van der Waals surface area contributed by atoms with Gasteiger partial charge in [-0.15, -0.1) is 10.2 Å². The van der Waals surface area contributed by atoms with Gasteiger partial charge in [-0.1, -0.05) is 41.7 Å². The summed E-state index contributed by atoms with van der Waals surface area (Å²) in [7, 11) is 1.46. The minimum Gasteiger partial charge on any atom is -0.496 e. The molecule has 0 atom stereocenters. The van der Waals surface area contributed by atoms with Crippen LogP contribution >= 0.6 is 23.5 Å². The van der Waals surface area contributed by atoms with Crippen LogP contribution in [0.5, 0.6) is 11.5 Å². The topological polar surface area (TPSA) is 57.4 Å². The largest absolute Gasteiger partial charge is 0.496 e. The predicted molar refractivity (Wildman–Crippen MR) is 109 cm³/mol. The van der Waals surface area contributed by atoms with E-state index in [-0.39, 0.29) is 6.61 Å². The number of benzene rings is 2. The Morgan fingerprint density at radius 1 is 1.07 bits per heavy atom. The summed E-state index contributed by atoms with van der Waals surface area (Å²) in [5.41, 5.74) is 3.05. The summed E-state index contributed by atoms with van der Waals surface area (Å²) < 4.78 is 41.8. The Morgan fingerprint density at radius 3 is 2.66 bits per heavy atom. The zero-order chi connectivity index (χ0) is 20.8. The average molecular weight is 439 g/mol. The van der Waals surface area contributed by atoms with Crippen LogP contribution in [-0.4, -0.2) is 23.1 Å². The molecule has 2 aromatic carbocycles. The molecule has 0 aliphatic heterocycles. The first-order chi connectivity index (χ1) is 13.9. The monoisotopic (exact) mass is 438 g/mol. The zero-order valence-corrected chi connectivity index (χ0v) is 17.8. The number of hydrogen-bond acceptors (Lipinski definition) is 7. The number of ether oxygens (including phenoxy) is 2. The highest BCUT2D eigenvalue weighted by atomic mass is 32.2. The maximum absolute atomic E-state index is 12.6. The van der Waals surface area contributed by atoms with E-state index in [0.29, 0.717) is 39.3 Å². The molecule has 0 aliphatic rings. The minimum absolute atomic E-state index is 0.186. The molecule has 0 aliphatic carbocycles. The Morgan fingerprint density at radius 2 is 1.90 bits per heavy atom. The first kappa shape index (κ1) is 21.4. The lowest BCUT2D eigenvalue weighted by atomic mass is 10.1. The Balaban J connectivity index is 1.57. The van der Waals surface area contributed by atoms with Crippen molar-refractivity contribution in [3.63, 3.8) is 0 Å². The predicted octanol–water partition coefficient (Wildman–Crippen LogP) is 5.88. The lowest BCUT2D eigenvalue weighted by Gasteiger charge is -2.09. The van der Waals surface area contributed by atoms with E-state index >= 15 is 0 Å². The van der Waals surface area contributed by atoms with Crippen LogP contribution in [0.2, 0.25) is 0 Å². The third-order valence-electron chi connectivity index (χ3n) is 3.95. The second-order valence-electron chi connectivity index (χ2n) is 6.17. The summed E-state index contributed by atoms with van der Waals surface area (Å²) in [4.78, 5) is 0.403. The van der Waals surface area contributed by atoms with Crippen molar-refractivity contribution in [3.05, 3.63) is 59.0 Å². The summed E-state index contributed by atoms with van der Waals surface area (Å²) in [6, 6.07) is 11.1. The van der Waals surface area contributed by atoms with Crippen LogP contribution in [0.25, 0.3) is 0 Å². The molecule has 0 bridgehead atoms. The molecular weight excluding hydrogens is 418 g/mol. The van der Waals surface area contributed by atoms with Gasteiger partial charge in [0.15, 0.2) is 6.61 Å². The summed E-state index contributed by atoms with van der Waals surface area (Å²) in [5, 5.41) is 8.43. The van der Waals surface area contributed by atoms with Gasteiger partial charge in [-0.05, 0) is 48.7 Å². The molecule has 0 saturated heterocycles. The standard InChI is InChI=1S/C20H20F2N2O3S2/c1-12-4-5-13(2)15(8-12)26-10-18-23-24-20(27-18)28-11-14-6-7-17(29-19(21)22)16(9-14)25-3/h4-9,19H,10-11H2,1-3H3. The van der Waals surface area contributed by atoms with E-state index in [4.69, 9.17) is 13.9 Å². The van der Waals surface area contributed by atoms with Crippen molar-refractivity contribution in [1.29, 1.82) is 0 Å². The van der Waals surface area contributed by atoms with Crippen molar-refractivity contribution >= 4 is 23.5 Å². The molecule has 0 radical (unpaired) electrons. The molecule has 154 valence electrons. The third-order valence-corrected chi connectivity index (χ3v) is 5.61. The Bertz CT molecular complexity index is 967. The minimum atomic E-state index is -2.49. The van der Waals surface area contributed by atoms with Crippen molar-refractivity contribution in [3.8, 4) is 11.5 Å². The molecule has 0 unspecified atom stereocenters. The van der Waals surface area contributed by atoms with Gasteiger partial charge in [0.05, 0.1) is 12.0 Å². The highest BCUT2D eigenvalue weighted by Crippen LogP contribution is 2.35. The quantitative estimate of drug-likeness (QED) is 0.387. The van der Waals surface area contributed by atoms with Gasteiger partial charge in [0.1, 0.15) is 11.5 Å². The number of rotatable bonds is 9. The van der Waals surface area contributed by atoms with Crippen LogP contribution in [-0.2, 0) is 12.4 Å². The van der Waals surface area contributed by atoms with Gasteiger partial charge < -0.3 is 13.9 Å². The lowest BCUT2D eigenvalue weighted by Crippen LogP contribution is -1.97. The molecule has 1 heterocycles. The van der Waals surface area contributed by atoms with Crippen LogP contribution in [0.15, 0.2) is 50.9 Å². The summed E-state index contributed by atoms with van der Waals surface area (Å²) in [6.45, 7) is 4.16. The van der Waals surface area contributed by atoms with Gasteiger partial charge in [0, 0.05) is 5.75 Å². The number of hydrogen-bond donors (Lipinski definition) is 0. The van der Waals surface area contributed by atoms with E-state index in [2.05, 4.69) is 10.2 Å². The third kappa shape index (κ3) is 6.11. The van der Waals surface area contributed by atoms with Gasteiger partial charge in [0.2, 0.25) is 0 Å². The first-order valence-corrected chi connectivity index (χ1v) is 10.6. The van der Waals surface area contributed by atoms with Gasteiger partial charge in [-0.25, -0.2) is 0 Å². The molecule has 0 fully saturated rings. The van der Waals surface area contributed by atoms with Gasteiger partial charge in [-0.3, -0.25) is 0 Å².